The number of hydrogen-bond donors (Lipinski definition) is 0. The first-order valence-corrected chi connectivity index (χ1v) is 44.7. The van der Waals surface area contributed by atoms with Crippen molar-refractivity contribution in [1.29, 1.82) is 0 Å². The molecular formula is C90H198N8. The summed E-state index contributed by atoms with van der Waals surface area (Å²) in [4.78, 5) is 21.7. The highest BCUT2D eigenvalue weighted by molar-refractivity contribution is 5.02. The SMILES string of the molecule is CC.CC.CC.CC.CC.CC.CC.CC.CC.CC.CC(C)CC1CC2CCC1CC2CC(C)C.CC(C)CN1CC2CC1CN2CC(C)C.CC(C)CN1CC2CC1CN2CC(C)C.CC(C)CN1CC2CCC1CN2CC(C)C.CC(C)CN1CC2CN(CC(C)C)CC2C1. The normalized spacial score (nSPS) is 27.2. The van der Waals surface area contributed by atoms with E-state index in [0.29, 0.717) is 0 Å². The maximum Gasteiger partial charge on any atom is 0.0239 e. The van der Waals surface area contributed by atoms with Crippen LogP contribution in [0.4, 0.5) is 0 Å². The molecule has 3 aliphatic carbocycles. The van der Waals surface area contributed by atoms with Gasteiger partial charge in [0.15, 0.2) is 0 Å². The van der Waals surface area contributed by atoms with E-state index in [2.05, 4.69) is 178 Å². The molecule has 3 saturated carbocycles. The van der Waals surface area contributed by atoms with E-state index < -0.39 is 0 Å². The Kier molecular flexibility index (Phi) is 69.3. The van der Waals surface area contributed by atoms with E-state index in [1.165, 1.54) is 156 Å². The molecule has 9 aliphatic heterocycles. The van der Waals surface area contributed by atoms with E-state index in [0.717, 1.165) is 131 Å². The first kappa shape index (κ1) is 106. The van der Waals surface area contributed by atoms with Gasteiger partial charge in [-0.25, -0.2) is 0 Å². The van der Waals surface area contributed by atoms with Gasteiger partial charge in [-0.05, 0) is 159 Å². The van der Waals surface area contributed by atoms with Gasteiger partial charge >= 0.3 is 0 Å². The fourth-order valence-corrected chi connectivity index (χ4v) is 17.8. The Morgan fingerprint density at radius 1 is 0.194 bits per heavy atom. The molecule has 8 nitrogen and oxygen atoms in total. The molecule has 0 radical (unpaired) electrons. The van der Waals surface area contributed by atoms with Gasteiger partial charge < -0.3 is 9.80 Å². The molecule has 9 heterocycles. The van der Waals surface area contributed by atoms with Crippen LogP contribution in [-0.2, 0) is 0 Å². The third kappa shape index (κ3) is 42.7. The molecule has 0 aromatic carbocycles. The number of piperazine rings is 3. The lowest BCUT2D eigenvalue weighted by Crippen LogP contribution is -2.63. The molecule has 0 N–H and O–H groups in total. The van der Waals surface area contributed by atoms with E-state index in [4.69, 9.17) is 0 Å². The molecule has 0 amide bonds. The Bertz CT molecular complexity index is 1420. The van der Waals surface area contributed by atoms with Gasteiger partial charge in [0.25, 0.3) is 0 Å². The summed E-state index contributed by atoms with van der Waals surface area (Å²) in [6, 6.07) is 5.19. The lowest BCUT2D eigenvalue weighted by Gasteiger charge is -2.52. The van der Waals surface area contributed by atoms with Crippen molar-refractivity contribution in [3.8, 4) is 0 Å². The summed E-state index contributed by atoms with van der Waals surface area (Å²) >= 11 is 0. The Morgan fingerprint density at radius 2 is 0.378 bits per heavy atom. The molecule has 10 atom stereocenters. The van der Waals surface area contributed by atoms with Gasteiger partial charge in [0.05, 0.1) is 0 Å². The van der Waals surface area contributed by atoms with Gasteiger partial charge in [-0.3, -0.25) is 29.4 Å². The van der Waals surface area contributed by atoms with Crippen LogP contribution in [0.2, 0.25) is 0 Å². The highest BCUT2D eigenvalue weighted by Gasteiger charge is 2.46. The van der Waals surface area contributed by atoms with Crippen LogP contribution in [0.1, 0.15) is 341 Å². The molecule has 8 bridgehead atoms. The maximum absolute atomic E-state index is 2.75. The Morgan fingerprint density at radius 3 is 0.531 bits per heavy atom. The summed E-state index contributed by atoms with van der Waals surface area (Å²) in [5.41, 5.74) is 0. The van der Waals surface area contributed by atoms with Gasteiger partial charge in [0, 0.05) is 154 Å². The summed E-state index contributed by atoms with van der Waals surface area (Å²) in [6.45, 7) is 111. The Balaban J connectivity index is -0.000000345. The van der Waals surface area contributed by atoms with E-state index in [-0.39, 0.29) is 0 Å². The molecule has 98 heavy (non-hydrogen) atoms. The number of likely N-dealkylation sites (tertiary alicyclic amines) is 6. The van der Waals surface area contributed by atoms with E-state index >= 15 is 0 Å². The van der Waals surface area contributed by atoms with E-state index in [1.54, 1.807) is 25.7 Å². The first-order chi connectivity index (χ1) is 46.8. The molecule has 0 aromatic rings. The van der Waals surface area contributed by atoms with Gasteiger partial charge in [-0.2, -0.15) is 0 Å². The average Bonchev–Trinajstić information content (AvgIpc) is 1.08. The number of nitrogens with zero attached hydrogens (tertiary/aromatic N) is 8. The summed E-state index contributed by atoms with van der Waals surface area (Å²) in [5, 5.41) is 0. The van der Waals surface area contributed by atoms with Crippen molar-refractivity contribution in [2.24, 2.45) is 94.7 Å². The predicted octanol–water partition coefficient (Wildman–Crippen LogP) is 24.1. The highest BCUT2D eigenvalue weighted by Crippen LogP contribution is 2.52. The maximum atomic E-state index is 2.75. The van der Waals surface area contributed by atoms with E-state index in [1.807, 2.05) is 138 Å². The largest absolute Gasteiger partial charge is 0.302 e. The third-order valence-corrected chi connectivity index (χ3v) is 20.2. The minimum absolute atomic E-state index is 0.817. The second-order valence-electron chi connectivity index (χ2n) is 33.2. The van der Waals surface area contributed by atoms with Crippen LogP contribution < -0.4 is 0 Å². The van der Waals surface area contributed by atoms with Crippen LogP contribution in [0.25, 0.3) is 0 Å². The predicted molar refractivity (Wildman–Crippen MR) is 454 cm³/mol. The molecule has 598 valence electrons. The van der Waals surface area contributed by atoms with Crippen molar-refractivity contribution in [3.63, 3.8) is 0 Å². The monoisotopic (exact) mass is 1390 g/mol. The summed E-state index contributed by atoms with van der Waals surface area (Å²) in [7, 11) is 0. The van der Waals surface area contributed by atoms with Crippen molar-refractivity contribution < 1.29 is 0 Å². The fraction of sp³-hybridized carbons (Fsp3) is 1.00. The molecule has 12 fully saturated rings. The van der Waals surface area contributed by atoms with Crippen molar-refractivity contribution in [2.75, 3.05) is 118 Å². The Labute approximate surface area is 625 Å². The molecule has 0 aromatic heterocycles. The molecule has 9 saturated heterocycles. The van der Waals surface area contributed by atoms with Gasteiger partial charge in [0.2, 0.25) is 0 Å². The first-order valence-electron chi connectivity index (χ1n) is 44.7. The number of hydrogen-bond acceptors (Lipinski definition) is 8. The smallest absolute Gasteiger partial charge is 0.0239 e. The van der Waals surface area contributed by atoms with Crippen molar-refractivity contribution in [3.05, 3.63) is 0 Å². The van der Waals surface area contributed by atoms with Crippen LogP contribution in [0, 0.1) is 94.7 Å². The average molecular weight is 1390 g/mol. The minimum atomic E-state index is 0.817. The van der Waals surface area contributed by atoms with Crippen LogP contribution in [-0.4, -0.2) is 193 Å². The van der Waals surface area contributed by atoms with Crippen molar-refractivity contribution in [2.45, 2.75) is 377 Å². The molecule has 8 heteroatoms. The Hall–Kier alpha value is -0.320. The van der Waals surface area contributed by atoms with Gasteiger partial charge in [0.1, 0.15) is 0 Å². The number of piperidine rings is 2. The van der Waals surface area contributed by atoms with Gasteiger partial charge in [-0.15, -0.1) is 0 Å². The van der Waals surface area contributed by atoms with E-state index in [9.17, 15) is 0 Å². The van der Waals surface area contributed by atoms with Crippen molar-refractivity contribution in [1.82, 2.24) is 39.2 Å². The van der Waals surface area contributed by atoms with Crippen LogP contribution in [0.3, 0.4) is 0 Å². The number of fused-ring (bicyclic) bond motifs is 11. The summed E-state index contributed by atoms with van der Waals surface area (Å²) in [6.07, 6.45) is 15.0. The molecule has 0 spiro atoms. The molecular weight excluding hydrogens is 1190 g/mol. The standard InChI is InChI=1S/C16H30.2C14H28N2.2C13H26N2.10C2H6/c1-11(2)7-15-9-14-6-5-13(15)10-16(14)8-12(3)4;1-11(2)5-15-7-13-9-16(6-12(3)4)10-14(13)8-15;1-11(2)7-15-9-14-6-5-13(15)10-16(14)8-12(3)4;2*1-10(2)6-14-8-13-5-12(14)9-15(13)7-11(3)4;10*1-2/h11-16H,5-10H2,1-4H3;2*11-14H,5-10H2,1-4H3;2*10-13H,5-9H2,1-4H3;10*1-2H3. The quantitative estimate of drug-likeness (QED) is 0.119. The van der Waals surface area contributed by atoms with Crippen LogP contribution in [0.15, 0.2) is 0 Å². The second kappa shape index (κ2) is 63.9. The third-order valence-electron chi connectivity index (χ3n) is 20.2. The number of rotatable bonds is 20. The molecule has 10 unspecified atom stereocenters. The minimum Gasteiger partial charge on any atom is -0.302 e. The summed E-state index contributed by atoms with van der Waals surface area (Å²) in [5.74, 6) is 14.7. The molecule has 12 aliphatic rings. The van der Waals surface area contributed by atoms with Gasteiger partial charge in [-0.1, -0.05) is 277 Å². The summed E-state index contributed by atoms with van der Waals surface area (Å²) < 4.78 is 0. The second-order valence-corrected chi connectivity index (χ2v) is 33.2. The zero-order chi connectivity index (χ0) is 77.1. The fourth-order valence-electron chi connectivity index (χ4n) is 17.8. The van der Waals surface area contributed by atoms with Crippen LogP contribution >= 0.6 is 0 Å². The van der Waals surface area contributed by atoms with Crippen molar-refractivity contribution >= 4 is 0 Å². The topological polar surface area (TPSA) is 25.9 Å². The zero-order valence-corrected chi connectivity index (χ0v) is 76.1. The van der Waals surface area contributed by atoms with Crippen LogP contribution in [0.5, 0.6) is 0 Å². The highest BCUT2D eigenvalue weighted by atomic mass is 15.4. The lowest BCUT2D eigenvalue weighted by molar-refractivity contribution is -0.0302. The molecule has 12 rings (SSSR count). The zero-order valence-electron chi connectivity index (χ0n) is 76.1. The lowest BCUT2D eigenvalue weighted by atomic mass is 9.57.